The van der Waals surface area contributed by atoms with Gasteiger partial charge in [0.1, 0.15) is 6.10 Å². The highest BCUT2D eigenvalue weighted by Crippen LogP contribution is 2.29. The molecule has 0 saturated carbocycles. The standard InChI is InChI=1S/C27H30N4O3/c1-18-12-19(2)14-22(13-18)29-26(32)21-8-10-30(11-9-21)27(33)25-23-16-34-24(15-31(23)17-28-25)20-6-4-3-5-7-20/h3-7,12-14,17,21,24H,8-11,15-16H2,1-2H3,(H,29,32)/t24-/m0/s1. The average molecular weight is 459 g/mol. The number of carbonyl (C=O) groups excluding carboxylic acids is 2. The lowest BCUT2D eigenvalue weighted by Crippen LogP contribution is -2.42. The molecule has 2 aliphatic rings. The van der Waals surface area contributed by atoms with E-state index in [0.29, 0.717) is 44.8 Å². The first-order valence-corrected chi connectivity index (χ1v) is 11.9. The Morgan fingerprint density at radius 1 is 1.03 bits per heavy atom. The van der Waals surface area contributed by atoms with Crippen molar-refractivity contribution in [2.24, 2.45) is 5.92 Å². The number of nitrogens with one attached hydrogen (secondary N) is 1. The van der Waals surface area contributed by atoms with Crippen molar-refractivity contribution in [1.82, 2.24) is 14.5 Å². The number of benzene rings is 2. The molecule has 2 aromatic carbocycles. The summed E-state index contributed by atoms with van der Waals surface area (Å²) in [5.41, 5.74) is 5.49. The van der Waals surface area contributed by atoms with Gasteiger partial charge in [-0.1, -0.05) is 36.4 Å². The average Bonchev–Trinajstić information content (AvgIpc) is 3.27. The number of hydrogen-bond acceptors (Lipinski definition) is 4. The molecule has 7 nitrogen and oxygen atoms in total. The number of likely N-dealkylation sites (tertiary alicyclic amines) is 1. The van der Waals surface area contributed by atoms with Crippen LogP contribution < -0.4 is 5.32 Å². The number of carbonyl (C=O) groups is 2. The van der Waals surface area contributed by atoms with Gasteiger partial charge in [0.25, 0.3) is 5.91 Å². The van der Waals surface area contributed by atoms with E-state index in [0.717, 1.165) is 28.1 Å². The summed E-state index contributed by atoms with van der Waals surface area (Å²) in [6.45, 7) is 6.13. The van der Waals surface area contributed by atoms with Crippen LogP contribution in [0.15, 0.2) is 54.9 Å². The summed E-state index contributed by atoms with van der Waals surface area (Å²) in [6, 6.07) is 16.2. The van der Waals surface area contributed by atoms with E-state index >= 15 is 0 Å². The van der Waals surface area contributed by atoms with E-state index in [1.165, 1.54) is 0 Å². The maximum atomic E-state index is 13.2. The van der Waals surface area contributed by atoms with Crippen molar-refractivity contribution in [2.45, 2.75) is 45.9 Å². The van der Waals surface area contributed by atoms with Crippen LogP contribution >= 0.6 is 0 Å². The zero-order valence-corrected chi connectivity index (χ0v) is 19.7. The zero-order valence-electron chi connectivity index (χ0n) is 19.7. The number of hydrogen-bond donors (Lipinski definition) is 1. The van der Waals surface area contributed by atoms with Gasteiger partial charge in [0.2, 0.25) is 5.91 Å². The lowest BCUT2D eigenvalue weighted by Gasteiger charge is -2.31. The summed E-state index contributed by atoms with van der Waals surface area (Å²) in [4.78, 5) is 32.3. The third-order valence-corrected chi connectivity index (χ3v) is 6.75. The summed E-state index contributed by atoms with van der Waals surface area (Å²) >= 11 is 0. The van der Waals surface area contributed by atoms with Crippen molar-refractivity contribution in [3.8, 4) is 0 Å². The second kappa shape index (κ2) is 9.43. The molecule has 2 amide bonds. The number of imidazole rings is 1. The Hall–Kier alpha value is -3.45. The molecule has 0 radical (unpaired) electrons. The minimum Gasteiger partial charge on any atom is -0.365 e. The van der Waals surface area contributed by atoms with Crippen molar-refractivity contribution in [1.29, 1.82) is 0 Å². The molecular weight excluding hydrogens is 428 g/mol. The summed E-state index contributed by atoms with van der Waals surface area (Å²) < 4.78 is 8.09. The summed E-state index contributed by atoms with van der Waals surface area (Å²) in [7, 11) is 0. The first-order chi connectivity index (χ1) is 16.5. The summed E-state index contributed by atoms with van der Waals surface area (Å²) in [6.07, 6.45) is 2.98. The molecule has 0 aliphatic carbocycles. The lowest BCUT2D eigenvalue weighted by atomic mass is 9.95. The Bertz CT molecular complexity index is 1180. The van der Waals surface area contributed by atoms with Gasteiger partial charge in [-0.3, -0.25) is 9.59 Å². The maximum absolute atomic E-state index is 13.2. The van der Waals surface area contributed by atoms with E-state index in [2.05, 4.69) is 28.5 Å². The Kier molecular flexibility index (Phi) is 6.20. The van der Waals surface area contributed by atoms with Crippen LogP contribution in [-0.2, 0) is 22.7 Å². The molecule has 1 fully saturated rings. The highest BCUT2D eigenvalue weighted by atomic mass is 16.5. The van der Waals surface area contributed by atoms with Crippen molar-refractivity contribution in [3.63, 3.8) is 0 Å². The van der Waals surface area contributed by atoms with Gasteiger partial charge in [-0.15, -0.1) is 0 Å². The fourth-order valence-corrected chi connectivity index (χ4v) is 4.96. The Balaban J connectivity index is 1.19. The van der Waals surface area contributed by atoms with Crippen LogP contribution in [0.3, 0.4) is 0 Å². The molecule has 1 atom stereocenters. The van der Waals surface area contributed by atoms with Gasteiger partial charge in [-0.25, -0.2) is 4.98 Å². The SMILES string of the molecule is Cc1cc(C)cc(NC(=O)C2CCN(C(=O)c3ncn4c3CO[C@H](c3ccccc3)C4)CC2)c1. The van der Waals surface area contributed by atoms with E-state index in [9.17, 15) is 9.59 Å². The Morgan fingerprint density at radius 3 is 2.44 bits per heavy atom. The highest BCUT2D eigenvalue weighted by Gasteiger charge is 2.32. The van der Waals surface area contributed by atoms with Crippen LogP contribution in [0.1, 0.15) is 51.8 Å². The van der Waals surface area contributed by atoms with E-state index in [4.69, 9.17) is 4.74 Å². The van der Waals surface area contributed by atoms with Gasteiger partial charge < -0.3 is 19.5 Å². The maximum Gasteiger partial charge on any atom is 0.274 e. The molecule has 3 heterocycles. The number of amides is 2. The number of ether oxygens (including phenoxy) is 1. The van der Waals surface area contributed by atoms with E-state index in [1.807, 2.05) is 53.6 Å². The van der Waals surface area contributed by atoms with Crippen molar-refractivity contribution in [2.75, 3.05) is 18.4 Å². The van der Waals surface area contributed by atoms with Gasteiger partial charge in [0.05, 0.1) is 25.2 Å². The molecule has 1 aromatic heterocycles. The second-order valence-corrected chi connectivity index (χ2v) is 9.33. The molecule has 0 bridgehead atoms. The molecule has 5 rings (SSSR count). The third kappa shape index (κ3) is 4.61. The van der Waals surface area contributed by atoms with Crippen LogP contribution in [0.4, 0.5) is 5.69 Å². The molecule has 1 N–H and O–H groups in total. The smallest absolute Gasteiger partial charge is 0.274 e. The van der Waals surface area contributed by atoms with Crippen LogP contribution in [-0.4, -0.2) is 39.4 Å². The zero-order chi connectivity index (χ0) is 23.7. The predicted molar refractivity (Wildman–Crippen MR) is 129 cm³/mol. The van der Waals surface area contributed by atoms with Crippen LogP contribution in [0.5, 0.6) is 0 Å². The summed E-state index contributed by atoms with van der Waals surface area (Å²) in [5, 5.41) is 3.05. The molecule has 0 spiro atoms. The minimum atomic E-state index is -0.101. The highest BCUT2D eigenvalue weighted by molar-refractivity contribution is 5.95. The van der Waals surface area contributed by atoms with Crippen LogP contribution in [0, 0.1) is 19.8 Å². The minimum absolute atomic E-state index is 0.0248. The first kappa shape index (κ1) is 22.3. The van der Waals surface area contributed by atoms with Crippen LogP contribution in [0.25, 0.3) is 0 Å². The molecule has 0 unspecified atom stereocenters. The van der Waals surface area contributed by atoms with Crippen molar-refractivity contribution < 1.29 is 14.3 Å². The van der Waals surface area contributed by atoms with Crippen LogP contribution in [0.2, 0.25) is 0 Å². The number of nitrogens with zero attached hydrogens (tertiary/aromatic N) is 3. The molecule has 7 heteroatoms. The second-order valence-electron chi connectivity index (χ2n) is 9.33. The van der Waals surface area contributed by atoms with Gasteiger partial charge in [-0.05, 0) is 55.5 Å². The molecule has 1 saturated heterocycles. The number of fused-ring (bicyclic) bond motifs is 1. The fourth-order valence-electron chi connectivity index (χ4n) is 4.96. The Morgan fingerprint density at radius 2 is 1.74 bits per heavy atom. The normalized spacial score (nSPS) is 18.4. The Labute approximate surface area is 199 Å². The van der Waals surface area contributed by atoms with E-state index < -0.39 is 0 Å². The van der Waals surface area contributed by atoms with Gasteiger partial charge in [0.15, 0.2) is 5.69 Å². The fraction of sp³-hybridized carbons (Fsp3) is 0.370. The quantitative estimate of drug-likeness (QED) is 0.634. The molecule has 3 aromatic rings. The number of rotatable bonds is 4. The third-order valence-electron chi connectivity index (χ3n) is 6.75. The van der Waals surface area contributed by atoms with Gasteiger partial charge in [0, 0.05) is 24.7 Å². The molecule has 176 valence electrons. The lowest BCUT2D eigenvalue weighted by molar-refractivity contribution is -0.121. The topological polar surface area (TPSA) is 76.5 Å². The van der Waals surface area contributed by atoms with Crippen molar-refractivity contribution >= 4 is 17.5 Å². The van der Waals surface area contributed by atoms with Gasteiger partial charge in [-0.2, -0.15) is 0 Å². The summed E-state index contributed by atoms with van der Waals surface area (Å²) in [5.74, 6) is -0.156. The number of aromatic nitrogens is 2. The van der Waals surface area contributed by atoms with Gasteiger partial charge >= 0.3 is 0 Å². The molecular formula is C27H30N4O3. The number of anilines is 1. The largest absolute Gasteiger partial charge is 0.365 e. The van der Waals surface area contributed by atoms with E-state index in [1.54, 1.807) is 6.33 Å². The molecule has 34 heavy (non-hydrogen) atoms. The number of aryl methyl sites for hydroxylation is 2. The predicted octanol–water partition coefficient (Wildman–Crippen LogP) is 4.26. The van der Waals surface area contributed by atoms with Crippen molar-refractivity contribution in [3.05, 3.63) is 82.9 Å². The number of piperidine rings is 1. The molecule has 2 aliphatic heterocycles. The first-order valence-electron chi connectivity index (χ1n) is 11.9. The van der Waals surface area contributed by atoms with E-state index in [-0.39, 0.29) is 23.8 Å². The monoisotopic (exact) mass is 458 g/mol.